The third-order valence-electron chi connectivity index (χ3n) is 1.57. The van der Waals surface area contributed by atoms with Crippen LogP contribution in [-0.4, -0.2) is 6.04 Å². The monoisotopic (exact) mass is 125 g/mol. The molecular formula is C8H15N. The number of hydrogen-bond acceptors (Lipinski definition) is 1. The summed E-state index contributed by atoms with van der Waals surface area (Å²) in [6, 6.07) is -0.0417. The normalized spacial score (nSPS) is 16.2. The fourth-order valence-corrected chi connectivity index (χ4v) is 0.668. The number of rotatable bonds is 3. The molecule has 1 heteroatoms. The minimum Gasteiger partial charge on any atom is -0.318 e. The molecule has 0 heterocycles. The fourth-order valence-electron chi connectivity index (χ4n) is 0.668. The van der Waals surface area contributed by atoms with Crippen molar-refractivity contribution < 1.29 is 0 Å². The van der Waals surface area contributed by atoms with Gasteiger partial charge in [-0.2, -0.15) is 0 Å². The van der Waals surface area contributed by atoms with Crippen LogP contribution >= 0.6 is 0 Å². The third-order valence-corrected chi connectivity index (χ3v) is 1.57. The largest absolute Gasteiger partial charge is 0.318 e. The first kappa shape index (κ1) is 8.52. The molecule has 0 rings (SSSR count). The summed E-state index contributed by atoms with van der Waals surface area (Å²) in [6.45, 7) is 4.31. The molecule has 2 N–H and O–H groups in total. The summed E-state index contributed by atoms with van der Waals surface area (Å²) >= 11 is 0. The van der Waals surface area contributed by atoms with E-state index in [-0.39, 0.29) is 6.04 Å². The summed E-state index contributed by atoms with van der Waals surface area (Å²) in [5, 5.41) is 0. The molecule has 0 aromatic rings. The van der Waals surface area contributed by atoms with E-state index in [0.29, 0.717) is 5.92 Å². The summed E-state index contributed by atoms with van der Waals surface area (Å²) in [5.41, 5.74) is 5.51. The van der Waals surface area contributed by atoms with Crippen molar-refractivity contribution in [1.29, 1.82) is 0 Å². The maximum Gasteiger partial charge on any atom is 0.0664 e. The van der Waals surface area contributed by atoms with Gasteiger partial charge in [-0.15, -0.1) is 6.42 Å². The van der Waals surface area contributed by atoms with Gasteiger partial charge in [-0.1, -0.05) is 26.2 Å². The number of terminal acetylenes is 1. The summed E-state index contributed by atoms with van der Waals surface area (Å²) < 4.78 is 0. The van der Waals surface area contributed by atoms with Crippen molar-refractivity contribution >= 4 is 0 Å². The smallest absolute Gasteiger partial charge is 0.0664 e. The molecule has 0 fully saturated rings. The van der Waals surface area contributed by atoms with E-state index in [4.69, 9.17) is 12.2 Å². The molecule has 0 aromatic heterocycles. The quantitative estimate of drug-likeness (QED) is 0.567. The molecule has 0 amide bonds. The highest BCUT2D eigenvalue weighted by Gasteiger charge is 2.02. The lowest BCUT2D eigenvalue weighted by molar-refractivity contribution is 0.494. The van der Waals surface area contributed by atoms with Gasteiger partial charge in [0, 0.05) is 0 Å². The molecule has 0 saturated heterocycles. The Balaban J connectivity index is 3.37. The van der Waals surface area contributed by atoms with E-state index in [0.717, 1.165) is 12.8 Å². The van der Waals surface area contributed by atoms with E-state index in [1.807, 2.05) is 0 Å². The van der Waals surface area contributed by atoms with Crippen LogP contribution < -0.4 is 5.73 Å². The topological polar surface area (TPSA) is 26.0 Å². The maximum absolute atomic E-state index is 5.51. The van der Waals surface area contributed by atoms with Crippen molar-refractivity contribution in [2.24, 2.45) is 11.7 Å². The Labute approximate surface area is 57.6 Å². The molecule has 0 bridgehead atoms. The Kier molecular flexibility index (Phi) is 4.17. The van der Waals surface area contributed by atoms with Crippen LogP contribution in [0.5, 0.6) is 0 Å². The molecule has 0 saturated carbocycles. The molecule has 0 radical (unpaired) electrons. The maximum atomic E-state index is 5.51. The standard InChI is InChI=1S/C8H15N/c1-4-7(3)6-8(9)5-2/h2,7-8H,4,6,9H2,1,3H3. The zero-order valence-corrected chi connectivity index (χ0v) is 6.22. The molecule has 0 aliphatic heterocycles. The van der Waals surface area contributed by atoms with Gasteiger partial charge < -0.3 is 5.73 Å². The van der Waals surface area contributed by atoms with Crippen LogP contribution in [0.2, 0.25) is 0 Å². The fraction of sp³-hybridized carbons (Fsp3) is 0.750. The Bertz CT molecular complexity index is 102. The van der Waals surface area contributed by atoms with Crippen molar-refractivity contribution in [3.63, 3.8) is 0 Å². The van der Waals surface area contributed by atoms with Gasteiger partial charge in [0.25, 0.3) is 0 Å². The van der Waals surface area contributed by atoms with Crippen molar-refractivity contribution in [1.82, 2.24) is 0 Å². The molecule has 0 aromatic carbocycles. The molecular weight excluding hydrogens is 110 g/mol. The van der Waals surface area contributed by atoms with Gasteiger partial charge in [-0.3, -0.25) is 0 Å². The van der Waals surface area contributed by atoms with Crippen molar-refractivity contribution in [3.8, 4) is 12.3 Å². The van der Waals surface area contributed by atoms with E-state index >= 15 is 0 Å². The third kappa shape index (κ3) is 4.05. The number of nitrogens with two attached hydrogens (primary N) is 1. The second kappa shape index (κ2) is 4.40. The van der Waals surface area contributed by atoms with E-state index in [2.05, 4.69) is 19.8 Å². The Hall–Kier alpha value is -0.480. The van der Waals surface area contributed by atoms with E-state index in [1.54, 1.807) is 0 Å². The average molecular weight is 125 g/mol. The molecule has 0 aliphatic carbocycles. The van der Waals surface area contributed by atoms with Crippen LogP contribution in [-0.2, 0) is 0 Å². The van der Waals surface area contributed by atoms with Crippen LogP contribution in [0.25, 0.3) is 0 Å². The SMILES string of the molecule is C#CC(N)CC(C)CC. The van der Waals surface area contributed by atoms with E-state index < -0.39 is 0 Å². The lowest BCUT2D eigenvalue weighted by atomic mass is 10.0. The van der Waals surface area contributed by atoms with Crippen molar-refractivity contribution in [2.75, 3.05) is 0 Å². The zero-order valence-electron chi connectivity index (χ0n) is 6.22. The molecule has 9 heavy (non-hydrogen) atoms. The Morgan fingerprint density at radius 1 is 1.67 bits per heavy atom. The number of hydrogen-bond donors (Lipinski definition) is 1. The average Bonchev–Trinajstić information content (AvgIpc) is 1.87. The van der Waals surface area contributed by atoms with Crippen LogP contribution in [0.4, 0.5) is 0 Å². The van der Waals surface area contributed by atoms with Crippen LogP contribution in [0.3, 0.4) is 0 Å². The first-order valence-electron chi connectivity index (χ1n) is 3.42. The predicted octanol–water partition coefficient (Wildman–Crippen LogP) is 1.38. The van der Waals surface area contributed by atoms with Crippen molar-refractivity contribution in [3.05, 3.63) is 0 Å². The molecule has 1 nitrogen and oxygen atoms in total. The van der Waals surface area contributed by atoms with Gasteiger partial charge >= 0.3 is 0 Å². The summed E-state index contributed by atoms with van der Waals surface area (Å²) in [6.07, 6.45) is 7.21. The molecule has 52 valence electrons. The van der Waals surface area contributed by atoms with Gasteiger partial charge in [-0.25, -0.2) is 0 Å². The highest BCUT2D eigenvalue weighted by molar-refractivity contribution is 4.96. The predicted molar refractivity (Wildman–Crippen MR) is 40.9 cm³/mol. The second-order valence-electron chi connectivity index (χ2n) is 2.52. The van der Waals surface area contributed by atoms with Gasteiger partial charge in [-0.05, 0) is 12.3 Å². The lowest BCUT2D eigenvalue weighted by Gasteiger charge is -2.09. The van der Waals surface area contributed by atoms with Crippen LogP contribution in [0.1, 0.15) is 26.7 Å². The summed E-state index contributed by atoms with van der Waals surface area (Å²) in [4.78, 5) is 0. The highest BCUT2D eigenvalue weighted by Crippen LogP contribution is 2.07. The minimum atomic E-state index is -0.0417. The van der Waals surface area contributed by atoms with Crippen LogP contribution in [0.15, 0.2) is 0 Å². The first-order valence-corrected chi connectivity index (χ1v) is 3.42. The minimum absolute atomic E-state index is 0.0417. The lowest BCUT2D eigenvalue weighted by Crippen LogP contribution is -2.19. The van der Waals surface area contributed by atoms with E-state index in [9.17, 15) is 0 Å². The molecule has 2 unspecified atom stereocenters. The molecule has 2 atom stereocenters. The van der Waals surface area contributed by atoms with Gasteiger partial charge in [0.15, 0.2) is 0 Å². The highest BCUT2D eigenvalue weighted by atomic mass is 14.6. The summed E-state index contributed by atoms with van der Waals surface area (Å²) in [7, 11) is 0. The molecule has 0 aliphatic rings. The summed E-state index contributed by atoms with van der Waals surface area (Å²) in [5.74, 6) is 3.17. The first-order chi connectivity index (χ1) is 4.20. The van der Waals surface area contributed by atoms with Gasteiger partial charge in [0.1, 0.15) is 0 Å². The Morgan fingerprint density at radius 3 is 2.56 bits per heavy atom. The Morgan fingerprint density at radius 2 is 2.22 bits per heavy atom. The van der Waals surface area contributed by atoms with E-state index in [1.165, 1.54) is 0 Å². The second-order valence-corrected chi connectivity index (χ2v) is 2.52. The van der Waals surface area contributed by atoms with Gasteiger partial charge in [0.05, 0.1) is 6.04 Å². The van der Waals surface area contributed by atoms with Crippen LogP contribution in [0, 0.1) is 18.3 Å². The van der Waals surface area contributed by atoms with Gasteiger partial charge in [0.2, 0.25) is 0 Å². The van der Waals surface area contributed by atoms with Crippen molar-refractivity contribution in [2.45, 2.75) is 32.7 Å². The molecule has 0 spiro atoms. The zero-order chi connectivity index (χ0) is 7.28.